The number of para-hydroxylation sites is 2. The Balaban J connectivity index is 1.38. The normalized spacial score (nSPS) is 10.7. The summed E-state index contributed by atoms with van der Waals surface area (Å²) in [5, 5.41) is 5.62. The number of hydrogen-bond acceptors (Lipinski definition) is 6. The van der Waals surface area contributed by atoms with Crippen LogP contribution in [0.25, 0.3) is 11.1 Å². The standard InChI is InChI=1S/C16H15N3O4S/c20-14(17-8-11-4-3-7-22-11)9-18-15(21)10-24-16-19-12-5-1-2-6-13(12)23-16/h1-7H,8-10H2,(H,17,20)(H,18,21). The molecule has 124 valence electrons. The molecule has 7 nitrogen and oxygen atoms in total. The van der Waals surface area contributed by atoms with E-state index in [9.17, 15) is 9.59 Å². The van der Waals surface area contributed by atoms with E-state index in [-0.39, 0.29) is 24.1 Å². The maximum atomic E-state index is 11.8. The molecule has 0 aliphatic heterocycles. The van der Waals surface area contributed by atoms with E-state index in [1.54, 1.807) is 12.1 Å². The molecule has 0 fully saturated rings. The van der Waals surface area contributed by atoms with E-state index in [0.717, 1.165) is 5.52 Å². The fourth-order valence-electron chi connectivity index (χ4n) is 1.93. The van der Waals surface area contributed by atoms with Gasteiger partial charge >= 0.3 is 0 Å². The minimum absolute atomic E-state index is 0.0896. The lowest BCUT2D eigenvalue weighted by Gasteiger charge is -2.05. The summed E-state index contributed by atoms with van der Waals surface area (Å²) in [6, 6.07) is 10.9. The number of thioether (sulfide) groups is 1. The van der Waals surface area contributed by atoms with E-state index < -0.39 is 0 Å². The van der Waals surface area contributed by atoms with Gasteiger partial charge in [0, 0.05) is 0 Å². The van der Waals surface area contributed by atoms with Crippen LogP contribution in [0.15, 0.2) is 56.7 Å². The molecule has 0 aliphatic rings. The van der Waals surface area contributed by atoms with Gasteiger partial charge in [0.25, 0.3) is 5.22 Å². The third kappa shape index (κ3) is 4.39. The Kier molecular flexibility index (Phi) is 5.17. The number of nitrogens with one attached hydrogen (secondary N) is 2. The second-order valence-electron chi connectivity index (χ2n) is 4.87. The van der Waals surface area contributed by atoms with Gasteiger partial charge in [0.1, 0.15) is 11.3 Å². The van der Waals surface area contributed by atoms with E-state index in [0.29, 0.717) is 23.1 Å². The number of carbonyl (C=O) groups excluding carboxylic acids is 2. The van der Waals surface area contributed by atoms with Gasteiger partial charge in [0.05, 0.1) is 25.1 Å². The van der Waals surface area contributed by atoms with Gasteiger partial charge in [0.15, 0.2) is 5.58 Å². The lowest BCUT2D eigenvalue weighted by Crippen LogP contribution is -2.37. The molecule has 0 spiro atoms. The molecule has 0 radical (unpaired) electrons. The van der Waals surface area contributed by atoms with E-state index in [4.69, 9.17) is 8.83 Å². The van der Waals surface area contributed by atoms with Crippen molar-refractivity contribution < 1.29 is 18.4 Å². The van der Waals surface area contributed by atoms with Crippen LogP contribution in [0.1, 0.15) is 5.76 Å². The minimum Gasteiger partial charge on any atom is -0.467 e. The highest BCUT2D eigenvalue weighted by atomic mass is 32.2. The summed E-state index contributed by atoms with van der Waals surface area (Å²) in [7, 11) is 0. The molecule has 0 aliphatic carbocycles. The van der Waals surface area contributed by atoms with Crippen molar-refractivity contribution in [3.8, 4) is 0 Å². The predicted octanol–water partition coefficient (Wildman–Crippen LogP) is 1.95. The van der Waals surface area contributed by atoms with Crippen LogP contribution < -0.4 is 10.6 Å². The molecule has 2 N–H and O–H groups in total. The van der Waals surface area contributed by atoms with Crippen molar-refractivity contribution in [1.82, 2.24) is 15.6 Å². The minimum atomic E-state index is -0.286. The Hall–Kier alpha value is -2.74. The highest BCUT2D eigenvalue weighted by molar-refractivity contribution is 7.99. The van der Waals surface area contributed by atoms with Crippen LogP contribution in [-0.2, 0) is 16.1 Å². The summed E-state index contributed by atoms with van der Waals surface area (Å²) in [5.74, 6) is 0.223. The zero-order valence-corrected chi connectivity index (χ0v) is 13.5. The van der Waals surface area contributed by atoms with E-state index in [1.807, 2.05) is 24.3 Å². The third-order valence-electron chi connectivity index (χ3n) is 3.09. The first kappa shape index (κ1) is 16.1. The summed E-state index contributed by atoms with van der Waals surface area (Å²) in [4.78, 5) is 27.7. The Morgan fingerprint density at radius 3 is 2.75 bits per heavy atom. The number of hydrogen-bond donors (Lipinski definition) is 2. The monoisotopic (exact) mass is 345 g/mol. The second-order valence-corrected chi connectivity index (χ2v) is 5.80. The molecule has 0 unspecified atom stereocenters. The zero-order chi connectivity index (χ0) is 16.8. The number of aromatic nitrogens is 1. The van der Waals surface area contributed by atoms with Crippen LogP contribution in [-0.4, -0.2) is 29.1 Å². The largest absolute Gasteiger partial charge is 0.467 e. The van der Waals surface area contributed by atoms with Gasteiger partial charge in [-0.3, -0.25) is 9.59 Å². The van der Waals surface area contributed by atoms with Crippen molar-refractivity contribution >= 4 is 34.7 Å². The molecule has 0 bridgehead atoms. The SMILES string of the molecule is O=C(CNC(=O)CSc1nc2ccccc2o1)NCc1ccco1. The number of carbonyl (C=O) groups is 2. The molecule has 1 aromatic carbocycles. The van der Waals surface area contributed by atoms with Crippen molar-refractivity contribution in [2.75, 3.05) is 12.3 Å². The fourth-order valence-corrected chi connectivity index (χ4v) is 2.60. The Bertz CT molecular complexity index is 796. The highest BCUT2D eigenvalue weighted by Crippen LogP contribution is 2.22. The quantitative estimate of drug-likeness (QED) is 0.635. The molecule has 8 heteroatoms. The summed E-state index contributed by atoms with van der Waals surface area (Å²) < 4.78 is 10.6. The lowest BCUT2D eigenvalue weighted by atomic mass is 10.3. The van der Waals surface area contributed by atoms with Crippen LogP contribution in [0.3, 0.4) is 0 Å². The number of oxazole rings is 1. The summed E-state index contributed by atoms with van der Waals surface area (Å²) in [5.41, 5.74) is 1.43. The fraction of sp³-hybridized carbons (Fsp3) is 0.188. The van der Waals surface area contributed by atoms with Gasteiger partial charge in [-0.1, -0.05) is 23.9 Å². The topological polar surface area (TPSA) is 97.4 Å². The maximum absolute atomic E-state index is 11.8. The van der Waals surface area contributed by atoms with Gasteiger partial charge in [-0.2, -0.15) is 0 Å². The van der Waals surface area contributed by atoms with Gasteiger partial charge < -0.3 is 19.5 Å². The number of nitrogens with zero attached hydrogens (tertiary/aromatic N) is 1. The highest BCUT2D eigenvalue weighted by Gasteiger charge is 2.10. The molecular weight excluding hydrogens is 330 g/mol. The molecule has 0 atom stereocenters. The third-order valence-corrected chi connectivity index (χ3v) is 3.92. The van der Waals surface area contributed by atoms with Gasteiger partial charge in [0.2, 0.25) is 11.8 Å². The molecule has 2 aromatic heterocycles. The molecule has 2 amide bonds. The predicted molar refractivity (Wildman–Crippen MR) is 88.3 cm³/mol. The van der Waals surface area contributed by atoms with Crippen molar-refractivity contribution in [3.05, 3.63) is 48.4 Å². The molecule has 2 heterocycles. The van der Waals surface area contributed by atoms with Crippen molar-refractivity contribution in [2.45, 2.75) is 11.8 Å². The van der Waals surface area contributed by atoms with Crippen LogP contribution in [0.4, 0.5) is 0 Å². The Labute approximate surface area is 141 Å². The van der Waals surface area contributed by atoms with Crippen molar-refractivity contribution in [2.24, 2.45) is 0 Å². The first-order valence-electron chi connectivity index (χ1n) is 7.25. The van der Waals surface area contributed by atoms with Crippen LogP contribution in [0, 0.1) is 0 Å². The van der Waals surface area contributed by atoms with Crippen LogP contribution in [0.5, 0.6) is 0 Å². The molecular formula is C16H15N3O4S. The van der Waals surface area contributed by atoms with Gasteiger partial charge in [-0.15, -0.1) is 0 Å². The first-order chi connectivity index (χ1) is 11.7. The van der Waals surface area contributed by atoms with Crippen molar-refractivity contribution in [3.63, 3.8) is 0 Å². The van der Waals surface area contributed by atoms with E-state index >= 15 is 0 Å². The number of benzene rings is 1. The van der Waals surface area contributed by atoms with E-state index in [1.165, 1.54) is 18.0 Å². The molecule has 3 rings (SSSR count). The maximum Gasteiger partial charge on any atom is 0.257 e. The van der Waals surface area contributed by atoms with Gasteiger partial charge in [-0.25, -0.2) is 4.98 Å². The Morgan fingerprint density at radius 2 is 1.96 bits per heavy atom. The first-order valence-corrected chi connectivity index (χ1v) is 8.23. The summed E-state index contributed by atoms with van der Waals surface area (Å²) >= 11 is 1.18. The summed E-state index contributed by atoms with van der Waals surface area (Å²) in [6.45, 7) is 0.201. The smallest absolute Gasteiger partial charge is 0.257 e. The molecule has 0 saturated heterocycles. The van der Waals surface area contributed by atoms with Crippen LogP contribution >= 0.6 is 11.8 Å². The average molecular weight is 345 g/mol. The lowest BCUT2D eigenvalue weighted by molar-refractivity contribution is -0.124. The van der Waals surface area contributed by atoms with Crippen molar-refractivity contribution in [1.29, 1.82) is 0 Å². The number of rotatable bonds is 7. The average Bonchev–Trinajstić information content (AvgIpc) is 3.25. The Morgan fingerprint density at radius 1 is 1.08 bits per heavy atom. The van der Waals surface area contributed by atoms with Gasteiger partial charge in [-0.05, 0) is 24.3 Å². The van der Waals surface area contributed by atoms with E-state index in [2.05, 4.69) is 15.6 Å². The zero-order valence-electron chi connectivity index (χ0n) is 12.7. The number of amides is 2. The number of furan rings is 1. The number of fused-ring (bicyclic) bond motifs is 1. The summed E-state index contributed by atoms with van der Waals surface area (Å²) in [6.07, 6.45) is 1.53. The second kappa shape index (κ2) is 7.69. The van der Waals surface area contributed by atoms with Crippen LogP contribution in [0.2, 0.25) is 0 Å². The molecule has 0 saturated carbocycles. The molecule has 3 aromatic rings. The molecule has 24 heavy (non-hydrogen) atoms.